The second-order valence-corrected chi connectivity index (χ2v) is 5.42. The minimum absolute atomic E-state index is 0.134. The maximum atomic E-state index is 12.2. The summed E-state index contributed by atoms with van der Waals surface area (Å²) >= 11 is 0. The van der Waals surface area contributed by atoms with Crippen LogP contribution in [-0.4, -0.2) is 52.4 Å². The SMILES string of the molecule is CCN(CC(C)(C)O)C(=O)c1ccc(OCC(F)(F)F)nc1. The summed E-state index contributed by atoms with van der Waals surface area (Å²) in [4.78, 5) is 17.3. The average molecular weight is 320 g/mol. The van der Waals surface area contributed by atoms with Crippen LogP contribution in [0, 0.1) is 0 Å². The van der Waals surface area contributed by atoms with E-state index >= 15 is 0 Å². The standard InChI is InChI=1S/C14H19F3N2O3/c1-4-19(8-13(2,3)21)12(20)10-5-6-11(18-7-10)22-9-14(15,16)17/h5-7,21H,4,8-9H2,1-3H3. The summed E-state index contributed by atoms with van der Waals surface area (Å²) < 4.78 is 40.5. The van der Waals surface area contributed by atoms with Gasteiger partial charge in [0.25, 0.3) is 5.91 Å². The van der Waals surface area contributed by atoms with Gasteiger partial charge in [0.05, 0.1) is 11.2 Å². The lowest BCUT2D eigenvalue weighted by Crippen LogP contribution is -2.42. The molecule has 0 unspecified atom stereocenters. The second kappa shape index (κ2) is 6.95. The third-order valence-electron chi connectivity index (χ3n) is 2.61. The summed E-state index contributed by atoms with van der Waals surface area (Å²) in [6.07, 6.45) is -3.29. The number of halogens is 3. The smallest absolute Gasteiger partial charge is 0.422 e. The van der Waals surface area contributed by atoms with Crippen molar-refractivity contribution in [1.82, 2.24) is 9.88 Å². The summed E-state index contributed by atoms with van der Waals surface area (Å²) in [7, 11) is 0. The van der Waals surface area contributed by atoms with E-state index in [0.29, 0.717) is 6.54 Å². The summed E-state index contributed by atoms with van der Waals surface area (Å²) in [6.45, 7) is 4.00. The molecule has 0 aliphatic rings. The Morgan fingerprint density at radius 1 is 1.36 bits per heavy atom. The molecule has 124 valence electrons. The highest BCUT2D eigenvalue weighted by Crippen LogP contribution is 2.17. The molecule has 0 aliphatic heterocycles. The van der Waals surface area contributed by atoms with Crippen LogP contribution in [-0.2, 0) is 0 Å². The van der Waals surface area contributed by atoms with Gasteiger partial charge in [-0.1, -0.05) is 0 Å². The fourth-order valence-corrected chi connectivity index (χ4v) is 1.72. The summed E-state index contributed by atoms with van der Waals surface area (Å²) in [5.74, 6) is -0.570. The van der Waals surface area contributed by atoms with Gasteiger partial charge >= 0.3 is 6.18 Å². The Morgan fingerprint density at radius 2 is 2.00 bits per heavy atom. The predicted octanol–water partition coefficient (Wildman–Crippen LogP) is 2.26. The quantitative estimate of drug-likeness (QED) is 0.873. The van der Waals surface area contributed by atoms with Gasteiger partial charge in [-0.2, -0.15) is 13.2 Å². The largest absolute Gasteiger partial charge is 0.468 e. The molecule has 22 heavy (non-hydrogen) atoms. The molecule has 5 nitrogen and oxygen atoms in total. The molecular formula is C14H19F3N2O3. The van der Waals surface area contributed by atoms with Crippen LogP contribution in [0.3, 0.4) is 0 Å². The molecular weight excluding hydrogens is 301 g/mol. The average Bonchev–Trinajstić information content (AvgIpc) is 2.40. The lowest BCUT2D eigenvalue weighted by molar-refractivity contribution is -0.154. The van der Waals surface area contributed by atoms with Crippen LogP contribution in [0.2, 0.25) is 0 Å². The number of aliphatic hydroxyl groups is 1. The Hall–Kier alpha value is -1.83. The predicted molar refractivity (Wildman–Crippen MR) is 73.7 cm³/mol. The van der Waals surface area contributed by atoms with E-state index < -0.39 is 18.4 Å². The van der Waals surface area contributed by atoms with Crippen LogP contribution in [0.1, 0.15) is 31.1 Å². The van der Waals surface area contributed by atoms with Gasteiger partial charge < -0.3 is 14.7 Å². The first-order valence-electron chi connectivity index (χ1n) is 6.69. The van der Waals surface area contributed by atoms with Crippen LogP contribution < -0.4 is 4.74 Å². The fourth-order valence-electron chi connectivity index (χ4n) is 1.72. The Kier molecular flexibility index (Phi) is 5.76. The van der Waals surface area contributed by atoms with E-state index in [1.807, 2.05) is 0 Å². The van der Waals surface area contributed by atoms with Gasteiger partial charge in [0.1, 0.15) is 0 Å². The van der Waals surface area contributed by atoms with Gasteiger partial charge in [0.15, 0.2) is 6.61 Å². The molecule has 0 radical (unpaired) electrons. The van der Waals surface area contributed by atoms with Gasteiger partial charge in [0, 0.05) is 25.4 Å². The van der Waals surface area contributed by atoms with E-state index in [2.05, 4.69) is 9.72 Å². The van der Waals surface area contributed by atoms with Crippen molar-refractivity contribution in [2.24, 2.45) is 0 Å². The van der Waals surface area contributed by atoms with Crippen molar-refractivity contribution in [3.05, 3.63) is 23.9 Å². The molecule has 0 bridgehead atoms. The minimum atomic E-state index is -4.44. The van der Waals surface area contributed by atoms with Crippen molar-refractivity contribution >= 4 is 5.91 Å². The maximum absolute atomic E-state index is 12.2. The molecule has 1 N–H and O–H groups in total. The monoisotopic (exact) mass is 320 g/mol. The first kappa shape index (κ1) is 18.2. The molecule has 0 aliphatic carbocycles. The Labute approximate surface area is 126 Å². The zero-order chi connectivity index (χ0) is 17.0. The van der Waals surface area contributed by atoms with E-state index in [1.165, 1.54) is 17.0 Å². The van der Waals surface area contributed by atoms with Crippen molar-refractivity contribution in [2.75, 3.05) is 19.7 Å². The molecule has 1 aromatic heterocycles. The van der Waals surface area contributed by atoms with Crippen molar-refractivity contribution in [3.63, 3.8) is 0 Å². The van der Waals surface area contributed by atoms with Crippen LogP contribution in [0.4, 0.5) is 13.2 Å². The summed E-state index contributed by atoms with van der Waals surface area (Å²) in [5, 5.41) is 9.77. The Balaban J connectivity index is 2.74. The van der Waals surface area contributed by atoms with Crippen molar-refractivity contribution in [1.29, 1.82) is 0 Å². The van der Waals surface area contributed by atoms with E-state index in [0.717, 1.165) is 6.20 Å². The molecule has 0 saturated carbocycles. The van der Waals surface area contributed by atoms with Gasteiger partial charge in [0.2, 0.25) is 5.88 Å². The number of aromatic nitrogens is 1. The lowest BCUT2D eigenvalue weighted by Gasteiger charge is -2.28. The number of carbonyl (C=O) groups is 1. The van der Waals surface area contributed by atoms with Gasteiger partial charge in [-0.15, -0.1) is 0 Å². The van der Waals surface area contributed by atoms with Crippen LogP contribution in [0.5, 0.6) is 5.88 Å². The normalized spacial score (nSPS) is 12.1. The number of nitrogens with zero attached hydrogens (tertiary/aromatic N) is 2. The zero-order valence-electron chi connectivity index (χ0n) is 12.6. The Morgan fingerprint density at radius 3 is 2.41 bits per heavy atom. The number of likely N-dealkylation sites (N-methyl/N-ethyl adjacent to an activating group) is 1. The van der Waals surface area contributed by atoms with E-state index in [1.54, 1.807) is 20.8 Å². The molecule has 1 amide bonds. The summed E-state index contributed by atoms with van der Waals surface area (Å²) in [5.41, 5.74) is -0.833. The second-order valence-electron chi connectivity index (χ2n) is 5.42. The highest BCUT2D eigenvalue weighted by molar-refractivity contribution is 5.94. The van der Waals surface area contributed by atoms with Crippen molar-refractivity contribution < 1.29 is 27.8 Å². The van der Waals surface area contributed by atoms with Gasteiger partial charge in [-0.3, -0.25) is 4.79 Å². The van der Waals surface area contributed by atoms with E-state index in [9.17, 15) is 23.1 Å². The maximum Gasteiger partial charge on any atom is 0.422 e. The number of carbonyl (C=O) groups excluding carboxylic acids is 1. The fraction of sp³-hybridized carbons (Fsp3) is 0.571. The zero-order valence-corrected chi connectivity index (χ0v) is 12.6. The number of ether oxygens (including phenoxy) is 1. The Bertz CT molecular complexity index is 496. The molecule has 0 saturated heterocycles. The number of pyridine rings is 1. The molecule has 1 heterocycles. The first-order chi connectivity index (χ1) is 10.0. The highest BCUT2D eigenvalue weighted by atomic mass is 19.4. The van der Waals surface area contributed by atoms with Gasteiger partial charge in [-0.05, 0) is 26.8 Å². The molecule has 0 atom stereocenters. The van der Waals surface area contributed by atoms with Gasteiger partial charge in [-0.25, -0.2) is 4.98 Å². The van der Waals surface area contributed by atoms with Crippen LogP contribution in [0.25, 0.3) is 0 Å². The molecule has 0 fully saturated rings. The number of rotatable bonds is 6. The minimum Gasteiger partial charge on any atom is -0.468 e. The van der Waals surface area contributed by atoms with Crippen LogP contribution in [0.15, 0.2) is 18.3 Å². The molecule has 0 aromatic carbocycles. The molecule has 1 rings (SSSR count). The molecule has 0 spiro atoms. The van der Waals surface area contributed by atoms with Crippen molar-refractivity contribution in [2.45, 2.75) is 32.5 Å². The first-order valence-corrected chi connectivity index (χ1v) is 6.69. The highest BCUT2D eigenvalue weighted by Gasteiger charge is 2.28. The topological polar surface area (TPSA) is 62.7 Å². The summed E-state index contributed by atoms with van der Waals surface area (Å²) in [6, 6.07) is 2.55. The third kappa shape index (κ3) is 6.30. The lowest BCUT2D eigenvalue weighted by atomic mass is 10.1. The molecule has 8 heteroatoms. The van der Waals surface area contributed by atoms with Crippen molar-refractivity contribution in [3.8, 4) is 5.88 Å². The van der Waals surface area contributed by atoms with E-state index in [-0.39, 0.29) is 23.9 Å². The number of amides is 1. The third-order valence-corrected chi connectivity index (χ3v) is 2.61. The van der Waals surface area contributed by atoms with E-state index in [4.69, 9.17) is 0 Å². The number of alkyl halides is 3. The van der Waals surface area contributed by atoms with Crippen LogP contribution >= 0.6 is 0 Å². The molecule has 1 aromatic rings. The number of hydrogen-bond donors (Lipinski definition) is 1. The number of hydrogen-bond acceptors (Lipinski definition) is 4.